The van der Waals surface area contributed by atoms with Crippen LogP contribution in [0.25, 0.3) is 0 Å². The van der Waals surface area contributed by atoms with Crippen LogP contribution in [0.3, 0.4) is 0 Å². The molecule has 1 aliphatic carbocycles. The molecule has 0 radical (unpaired) electrons. The largest absolute Gasteiger partial charge is 0.335 e. The fraction of sp³-hybridized carbons (Fsp3) is 0.667. The normalized spacial score (nSPS) is 24.7. The van der Waals surface area contributed by atoms with Crippen LogP contribution in [0.1, 0.15) is 70.3 Å². The van der Waals surface area contributed by atoms with Gasteiger partial charge in [0, 0.05) is 12.5 Å². The van der Waals surface area contributed by atoms with Gasteiger partial charge in [0.2, 0.25) is 15.7 Å². The summed E-state index contributed by atoms with van der Waals surface area (Å²) in [5, 5.41) is 6.18. The molecule has 2 N–H and O–H groups in total. The zero-order valence-electron chi connectivity index (χ0n) is 16.5. The van der Waals surface area contributed by atoms with E-state index in [1.807, 2.05) is 12.1 Å². The van der Waals surface area contributed by atoms with Crippen LogP contribution < -0.4 is 10.6 Å². The Balaban J connectivity index is 1.89. The summed E-state index contributed by atoms with van der Waals surface area (Å²) in [6.45, 7) is 5.21. The van der Waals surface area contributed by atoms with Crippen LogP contribution in [-0.2, 0) is 14.6 Å². The van der Waals surface area contributed by atoms with Crippen LogP contribution in [0.4, 0.5) is 0 Å². The molecule has 27 heavy (non-hydrogen) atoms. The van der Waals surface area contributed by atoms with Gasteiger partial charge >= 0.3 is 0 Å². The lowest BCUT2D eigenvalue weighted by Gasteiger charge is -2.39. The van der Waals surface area contributed by atoms with Gasteiger partial charge in [0.1, 0.15) is 0 Å². The number of nitrogens with one attached hydrogen (secondary N) is 2. The van der Waals surface area contributed by atoms with E-state index in [1.165, 1.54) is 0 Å². The summed E-state index contributed by atoms with van der Waals surface area (Å²) < 4.78 is 27.1. The van der Waals surface area contributed by atoms with Crippen molar-refractivity contribution in [2.24, 2.45) is 5.92 Å². The molecule has 3 rings (SSSR count). The minimum absolute atomic E-state index is 0.0592. The Bertz CT molecular complexity index is 744. The van der Waals surface area contributed by atoms with Gasteiger partial charge in [-0.1, -0.05) is 45.2 Å². The standard InChI is InChI=1S/C21H32N2O3S/c1-16(2)17-9-11-19(12-10-17)27(25,26)21(13-6-14-22-15-21)23-20(24)18-7-4-3-5-8-18/h9-12,16,18,22H,3-8,13-15H2,1-2H3,(H,23,24)/t21-/m0/s1. The fourth-order valence-corrected chi connectivity index (χ4v) is 6.12. The number of carbonyl (C=O) groups excluding carboxylic acids is 1. The Hall–Kier alpha value is -1.40. The Morgan fingerprint density at radius 3 is 2.33 bits per heavy atom. The van der Waals surface area contributed by atoms with Crippen LogP contribution in [0, 0.1) is 5.92 Å². The van der Waals surface area contributed by atoms with Crippen molar-refractivity contribution in [3.05, 3.63) is 29.8 Å². The highest BCUT2D eigenvalue weighted by atomic mass is 32.2. The van der Waals surface area contributed by atoms with E-state index >= 15 is 0 Å². The van der Waals surface area contributed by atoms with Crippen molar-refractivity contribution >= 4 is 15.7 Å². The molecule has 2 fully saturated rings. The van der Waals surface area contributed by atoms with Crippen molar-refractivity contribution in [3.63, 3.8) is 0 Å². The summed E-state index contributed by atoms with van der Waals surface area (Å²) in [5.74, 6) is 0.190. The molecule has 0 spiro atoms. The van der Waals surface area contributed by atoms with Crippen molar-refractivity contribution in [1.82, 2.24) is 10.6 Å². The van der Waals surface area contributed by atoms with E-state index in [4.69, 9.17) is 0 Å². The number of rotatable bonds is 5. The van der Waals surface area contributed by atoms with Crippen LogP contribution in [0.5, 0.6) is 0 Å². The first-order valence-corrected chi connectivity index (χ1v) is 11.7. The van der Waals surface area contributed by atoms with Crippen molar-refractivity contribution in [2.45, 2.75) is 74.5 Å². The average Bonchev–Trinajstić information content (AvgIpc) is 2.69. The minimum Gasteiger partial charge on any atom is -0.335 e. The first-order chi connectivity index (χ1) is 12.9. The molecular weight excluding hydrogens is 360 g/mol. The number of hydrogen-bond donors (Lipinski definition) is 2. The monoisotopic (exact) mass is 392 g/mol. The molecule has 1 saturated heterocycles. The Morgan fingerprint density at radius 2 is 1.78 bits per heavy atom. The number of carbonyl (C=O) groups is 1. The molecule has 1 atom stereocenters. The summed E-state index contributed by atoms with van der Waals surface area (Å²) in [5.41, 5.74) is 1.11. The summed E-state index contributed by atoms with van der Waals surface area (Å²) >= 11 is 0. The molecule has 1 aromatic rings. The predicted molar refractivity (Wildman–Crippen MR) is 107 cm³/mol. The number of sulfone groups is 1. The van der Waals surface area contributed by atoms with Crippen molar-refractivity contribution in [1.29, 1.82) is 0 Å². The second kappa shape index (κ2) is 8.31. The van der Waals surface area contributed by atoms with Gasteiger partial charge in [0.15, 0.2) is 4.87 Å². The lowest BCUT2D eigenvalue weighted by Crippen LogP contribution is -2.63. The van der Waals surface area contributed by atoms with E-state index in [0.29, 0.717) is 17.2 Å². The van der Waals surface area contributed by atoms with Gasteiger partial charge in [-0.05, 0) is 55.8 Å². The molecule has 150 valence electrons. The first-order valence-electron chi connectivity index (χ1n) is 10.2. The lowest BCUT2D eigenvalue weighted by molar-refractivity contribution is -0.127. The Kier molecular flexibility index (Phi) is 6.26. The van der Waals surface area contributed by atoms with E-state index in [0.717, 1.165) is 50.6 Å². The summed E-state index contributed by atoms with van der Waals surface area (Å²) in [6, 6.07) is 7.14. The van der Waals surface area contributed by atoms with E-state index in [9.17, 15) is 13.2 Å². The van der Waals surface area contributed by atoms with E-state index in [-0.39, 0.29) is 18.4 Å². The molecule has 0 unspecified atom stereocenters. The zero-order chi connectivity index (χ0) is 19.5. The highest BCUT2D eigenvalue weighted by molar-refractivity contribution is 7.92. The fourth-order valence-electron chi connectivity index (χ4n) is 4.23. The van der Waals surface area contributed by atoms with Gasteiger partial charge in [-0.25, -0.2) is 8.42 Å². The summed E-state index contributed by atoms with van der Waals surface area (Å²) in [6.07, 6.45) is 6.16. The second-order valence-electron chi connectivity index (χ2n) is 8.33. The van der Waals surface area contributed by atoms with Gasteiger partial charge in [-0.2, -0.15) is 0 Å². The molecule has 6 heteroatoms. The molecule has 0 aromatic heterocycles. The third-order valence-corrected chi connectivity index (χ3v) is 8.42. The molecule has 1 saturated carbocycles. The Morgan fingerprint density at radius 1 is 1.11 bits per heavy atom. The van der Waals surface area contributed by atoms with Gasteiger partial charge in [0.25, 0.3) is 0 Å². The molecule has 1 aliphatic heterocycles. The second-order valence-corrected chi connectivity index (χ2v) is 10.6. The maximum Gasteiger partial charge on any atom is 0.224 e. The Labute approximate surface area is 163 Å². The highest BCUT2D eigenvalue weighted by Crippen LogP contribution is 2.32. The third kappa shape index (κ3) is 4.21. The summed E-state index contributed by atoms with van der Waals surface area (Å²) in [7, 11) is -3.69. The van der Waals surface area contributed by atoms with E-state index in [1.54, 1.807) is 12.1 Å². The number of piperidine rings is 1. The zero-order valence-corrected chi connectivity index (χ0v) is 17.3. The summed E-state index contributed by atoms with van der Waals surface area (Å²) in [4.78, 5) is 11.9. The minimum atomic E-state index is -3.69. The van der Waals surface area contributed by atoms with Crippen LogP contribution >= 0.6 is 0 Å². The molecule has 1 aromatic carbocycles. The quantitative estimate of drug-likeness (QED) is 0.806. The smallest absolute Gasteiger partial charge is 0.224 e. The lowest BCUT2D eigenvalue weighted by atomic mass is 9.88. The highest BCUT2D eigenvalue weighted by Gasteiger charge is 2.47. The molecule has 1 amide bonds. The number of benzene rings is 1. The van der Waals surface area contributed by atoms with Crippen LogP contribution in [0.15, 0.2) is 29.2 Å². The van der Waals surface area contributed by atoms with Gasteiger partial charge in [-0.15, -0.1) is 0 Å². The molecular formula is C21H32N2O3S. The third-order valence-electron chi connectivity index (χ3n) is 6.04. The van der Waals surface area contributed by atoms with Gasteiger partial charge in [0.05, 0.1) is 4.90 Å². The predicted octanol–water partition coefficient (Wildman–Crippen LogP) is 3.36. The van der Waals surface area contributed by atoms with E-state index < -0.39 is 14.7 Å². The van der Waals surface area contributed by atoms with Gasteiger partial charge < -0.3 is 10.6 Å². The molecule has 1 heterocycles. The van der Waals surface area contributed by atoms with Gasteiger partial charge in [-0.3, -0.25) is 4.79 Å². The van der Waals surface area contributed by atoms with Crippen molar-refractivity contribution < 1.29 is 13.2 Å². The topological polar surface area (TPSA) is 75.3 Å². The maximum absolute atomic E-state index is 13.6. The van der Waals surface area contributed by atoms with Crippen LogP contribution in [0.2, 0.25) is 0 Å². The number of amides is 1. The average molecular weight is 393 g/mol. The number of hydrogen-bond acceptors (Lipinski definition) is 4. The van der Waals surface area contributed by atoms with Crippen molar-refractivity contribution in [3.8, 4) is 0 Å². The SMILES string of the molecule is CC(C)c1ccc(S(=O)(=O)[C@@]2(NC(=O)C3CCCCC3)CCCNC2)cc1. The van der Waals surface area contributed by atoms with Crippen LogP contribution in [-0.4, -0.2) is 32.3 Å². The first kappa shape index (κ1) is 20.3. The van der Waals surface area contributed by atoms with Crippen molar-refractivity contribution in [2.75, 3.05) is 13.1 Å². The molecule has 2 aliphatic rings. The molecule has 0 bridgehead atoms. The van der Waals surface area contributed by atoms with E-state index in [2.05, 4.69) is 24.5 Å². The maximum atomic E-state index is 13.6. The molecule has 5 nitrogen and oxygen atoms in total.